The van der Waals surface area contributed by atoms with Crippen LogP contribution in [0.2, 0.25) is 5.02 Å². The van der Waals surface area contributed by atoms with E-state index in [2.05, 4.69) is 31.2 Å². The molecule has 5 aromatic rings. The molecule has 2 heterocycles. The molecule has 0 spiro atoms. The Morgan fingerprint density at radius 3 is 2.49 bits per heavy atom. The van der Waals surface area contributed by atoms with Crippen molar-refractivity contribution in [2.24, 2.45) is 0 Å². The molecule has 10 nitrogen and oxygen atoms in total. The van der Waals surface area contributed by atoms with Crippen molar-refractivity contribution in [2.75, 3.05) is 36.8 Å². The van der Waals surface area contributed by atoms with Gasteiger partial charge in [0.25, 0.3) is 0 Å². The third-order valence-corrected chi connectivity index (χ3v) is 10.0. The molecule has 0 bridgehead atoms. The second-order valence-electron chi connectivity index (χ2n) is 12.1. The van der Waals surface area contributed by atoms with Crippen LogP contribution in [0.15, 0.2) is 89.7 Å². The lowest BCUT2D eigenvalue weighted by molar-refractivity contribution is -0.116. The van der Waals surface area contributed by atoms with Crippen LogP contribution in [-0.4, -0.2) is 59.1 Å². The Morgan fingerprint density at radius 1 is 0.939 bits per heavy atom. The number of phenolic OH excluding ortho intramolecular Hbond substituents is 1. The van der Waals surface area contributed by atoms with Crippen LogP contribution in [0.25, 0.3) is 21.3 Å². The lowest BCUT2D eigenvalue weighted by atomic mass is 10.0. The number of piperidine rings is 1. The molecule has 1 aromatic heterocycles. The molecule has 4 aromatic carbocycles. The van der Waals surface area contributed by atoms with Gasteiger partial charge >= 0.3 is 10.9 Å². The Balaban J connectivity index is 0.890. The first kappa shape index (κ1) is 34.2. The highest BCUT2D eigenvalue weighted by molar-refractivity contribution is 7.16. The highest BCUT2D eigenvalue weighted by Gasteiger charge is 2.21. The van der Waals surface area contributed by atoms with Gasteiger partial charge in [-0.2, -0.15) is 0 Å². The number of urea groups is 1. The molecule has 1 fully saturated rings. The lowest BCUT2D eigenvalue weighted by Crippen LogP contribution is -2.46. The molecule has 6 rings (SSSR count). The monoisotopic (exact) mass is 698 g/mol. The molecule has 6 N–H and O–H groups in total. The summed E-state index contributed by atoms with van der Waals surface area (Å²) in [7, 11) is 0. The SMILES string of the molecule is O=C(CCN1CCC(NC(=O)Nc2ccccc2-c2ccccc2)CC1)Nc1ccc(CNCCc2ccc(O)c3[nH]c(=O)sc23)c(Cl)c1. The van der Waals surface area contributed by atoms with E-state index in [-0.39, 0.29) is 28.6 Å². The smallest absolute Gasteiger partial charge is 0.319 e. The number of benzene rings is 4. The Labute approximate surface area is 293 Å². The van der Waals surface area contributed by atoms with Crippen LogP contribution >= 0.6 is 22.9 Å². The normalized spacial score (nSPS) is 13.7. The summed E-state index contributed by atoms with van der Waals surface area (Å²) in [4.78, 5) is 42.1. The average molecular weight is 699 g/mol. The van der Waals surface area contributed by atoms with Gasteiger partial charge in [-0.25, -0.2) is 4.79 Å². The summed E-state index contributed by atoms with van der Waals surface area (Å²) >= 11 is 7.63. The molecule has 0 radical (unpaired) electrons. The summed E-state index contributed by atoms with van der Waals surface area (Å²) in [5, 5.41) is 23.0. The zero-order valence-electron chi connectivity index (χ0n) is 26.9. The minimum atomic E-state index is -0.214. The van der Waals surface area contributed by atoms with E-state index in [0.29, 0.717) is 48.7 Å². The first-order valence-electron chi connectivity index (χ1n) is 16.4. The molecule has 0 unspecified atom stereocenters. The van der Waals surface area contributed by atoms with Gasteiger partial charge in [-0.05, 0) is 66.8 Å². The average Bonchev–Trinajstić information content (AvgIpc) is 3.51. The van der Waals surface area contributed by atoms with Crippen molar-refractivity contribution in [2.45, 2.75) is 38.3 Å². The third-order valence-electron chi connectivity index (χ3n) is 8.70. The number of aromatic nitrogens is 1. The van der Waals surface area contributed by atoms with Gasteiger partial charge in [0.1, 0.15) is 11.3 Å². The Kier molecular flexibility index (Phi) is 11.3. The van der Waals surface area contributed by atoms with Crippen molar-refractivity contribution in [1.29, 1.82) is 0 Å². The van der Waals surface area contributed by atoms with Gasteiger partial charge in [-0.3, -0.25) is 9.59 Å². The molecule has 1 aliphatic rings. The number of carbonyl (C=O) groups excluding carboxylic acids is 2. The molecule has 0 atom stereocenters. The zero-order valence-corrected chi connectivity index (χ0v) is 28.5. The first-order valence-corrected chi connectivity index (χ1v) is 17.6. The van der Waals surface area contributed by atoms with E-state index in [9.17, 15) is 19.5 Å². The molecule has 0 aliphatic carbocycles. The van der Waals surface area contributed by atoms with Crippen LogP contribution < -0.4 is 26.1 Å². The molecule has 12 heteroatoms. The second kappa shape index (κ2) is 16.1. The molecule has 49 heavy (non-hydrogen) atoms. The Hall–Kier alpha value is -4.68. The number of nitrogens with one attached hydrogen (secondary N) is 5. The van der Waals surface area contributed by atoms with Gasteiger partial charge in [-0.15, -0.1) is 0 Å². The number of aromatic amines is 1. The van der Waals surface area contributed by atoms with Gasteiger partial charge in [0.05, 0.1) is 10.4 Å². The quantitative estimate of drug-likeness (QED) is 0.0816. The van der Waals surface area contributed by atoms with Gasteiger partial charge in [-0.1, -0.05) is 83.6 Å². The number of hydrogen-bond donors (Lipinski definition) is 6. The van der Waals surface area contributed by atoms with Crippen molar-refractivity contribution >= 4 is 56.5 Å². The number of nitrogens with zero attached hydrogens (tertiary/aromatic N) is 1. The number of anilines is 2. The van der Waals surface area contributed by atoms with Gasteiger partial charge in [0, 0.05) is 54.9 Å². The van der Waals surface area contributed by atoms with E-state index in [0.717, 1.165) is 69.9 Å². The van der Waals surface area contributed by atoms with Crippen molar-refractivity contribution in [3.05, 3.63) is 111 Å². The number of hydrogen-bond acceptors (Lipinski definition) is 7. The van der Waals surface area contributed by atoms with E-state index in [4.69, 9.17) is 11.6 Å². The number of phenols is 1. The fourth-order valence-electron chi connectivity index (χ4n) is 6.07. The van der Waals surface area contributed by atoms with Crippen molar-refractivity contribution < 1.29 is 14.7 Å². The summed E-state index contributed by atoms with van der Waals surface area (Å²) in [6, 6.07) is 26.6. The number of likely N-dealkylation sites (tertiary alicyclic amines) is 1. The minimum Gasteiger partial charge on any atom is -0.506 e. The minimum absolute atomic E-state index is 0.0691. The maximum absolute atomic E-state index is 12.8. The fraction of sp³-hybridized carbons (Fsp3) is 0.270. The van der Waals surface area contributed by atoms with Gasteiger partial charge in [0.15, 0.2) is 0 Å². The number of carbonyl (C=O) groups is 2. The second-order valence-corrected chi connectivity index (χ2v) is 13.5. The summed E-state index contributed by atoms with van der Waals surface area (Å²) in [5.41, 5.74) is 5.81. The summed E-state index contributed by atoms with van der Waals surface area (Å²) in [6.45, 7) is 3.44. The van der Waals surface area contributed by atoms with E-state index in [1.165, 1.54) is 0 Å². The van der Waals surface area contributed by atoms with Gasteiger partial charge < -0.3 is 36.3 Å². The number of thiazole rings is 1. The van der Waals surface area contributed by atoms with Crippen LogP contribution in [0.3, 0.4) is 0 Å². The van der Waals surface area contributed by atoms with Crippen LogP contribution in [0.1, 0.15) is 30.4 Å². The van der Waals surface area contributed by atoms with E-state index in [1.54, 1.807) is 12.1 Å². The molecule has 1 aliphatic heterocycles. The van der Waals surface area contributed by atoms with Crippen molar-refractivity contribution in [1.82, 2.24) is 20.5 Å². The molecule has 1 saturated heterocycles. The largest absolute Gasteiger partial charge is 0.506 e. The number of halogens is 1. The topological polar surface area (TPSA) is 139 Å². The molecule has 3 amide bonds. The third kappa shape index (κ3) is 9.07. The highest BCUT2D eigenvalue weighted by Crippen LogP contribution is 2.29. The summed E-state index contributed by atoms with van der Waals surface area (Å²) < 4.78 is 0.771. The van der Waals surface area contributed by atoms with Crippen LogP contribution in [0.4, 0.5) is 16.2 Å². The summed E-state index contributed by atoms with van der Waals surface area (Å²) in [5.74, 6) is -0.00668. The van der Waals surface area contributed by atoms with E-state index < -0.39 is 0 Å². The van der Waals surface area contributed by atoms with Crippen LogP contribution in [-0.2, 0) is 17.8 Å². The molecule has 254 valence electrons. The maximum atomic E-state index is 12.8. The van der Waals surface area contributed by atoms with Gasteiger partial charge in [0.2, 0.25) is 5.91 Å². The standard InChI is InChI=1S/C37H39ClN6O4S/c38-30-22-28(12-10-26(30)23-39-18-14-25-11-13-32(45)34-35(25)49-37(48)43-34)40-33(46)17-21-44-19-15-27(16-20-44)41-36(47)42-31-9-5-4-8-29(31)24-6-2-1-3-7-24/h1-13,22,27,39,45H,14-21,23H2,(H,40,46)(H,43,48)(H2,41,42,47). The zero-order chi connectivity index (χ0) is 34.2. The number of amides is 3. The number of fused-ring (bicyclic) bond motifs is 1. The summed E-state index contributed by atoms with van der Waals surface area (Å²) in [6.07, 6.45) is 2.67. The number of aromatic hydroxyl groups is 1. The molecular weight excluding hydrogens is 660 g/mol. The number of H-pyrrole nitrogens is 1. The Morgan fingerprint density at radius 2 is 1.69 bits per heavy atom. The number of para-hydroxylation sites is 1. The van der Waals surface area contributed by atoms with Crippen molar-refractivity contribution in [3.63, 3.8) is 0 Å². The van der Waals surface area contributed by atoms with Crippen molar-refractivity contribution in [3.8, 4) is 16.9 Å². The lowest BCUT2D eigenvalue weighted by Gasteiger charge is -2.32. The number of rotatable bonds is 12. The van der Waals surface area contributed by atoms with Crippen LogP contribution in [0, 0.1) is 0 Å². The maximum Gasteiger partial charge on any atom is 0.319 e. The van der Waals surface area contributed by atoms with Crippen LogP contribution in [0.5, 0.6) is 5.75 Å². The first-order chi connectivity index (χ1) is 23.8. The predicted molar refractivity (Wildman–Crippen MR) is 198 cm³/mol. The highest BCUT2D eigenvalue weighted by atomic mass is 35.5. The Bertz CT molecular complexity index is 1970. The fourth-order valence-corrected chi connectivity index (χ4v) is 7.22. The predicted octanol–water partition coefficient (Wildman–Crippen LogP) is 6.56. The molecular formula is C37H39ClN6O4S. The van der Waals surface area contributed by atoms with E-state index in [1.807, 2.05) is 72.8 Å². The molecule has 0 saturated carbocycles. The van der Waals surface area contributed by atoms with E-state index >= 15 is 0 Å².